The smallest absolute Gasteiger partial charge is 0.302 e. The Labute approximate surface area is 116 Å². The maximum absolute atomic E-state index is 10.7. The molecule has 0 radical (unpaired) electrons. The molecule has 2 aliphatic rings. The van der Waals surface area contributed by atoms with Gasteiger partial charge >= 0.3 is 5.97 Å². The van der Waals surface area contributed by atoms with E-state index in [4.69, 9.17) is 4.74 Å². The molecule has 0 spiro atoms. The summed E-state index contributed by atoms with van der Waals surface area (Å²) in [5.74, 6) is 1.41. The highest BCUT2D eigenvalue weighted by molar-refractivity contribution is 5.66. The maximum atomic E-state index is 10.7. The van der Waals surface area contributed by atoms with Crippen LogP contribution in [0.3, 0.4) is 0 Å². The van der Waals surface area contributed by atoms with E-state index in [0.717, 1.165) is 23.8 Å². The lowest BCUT2D eigenvalue weighted by Crippen LogP contribution is -2.12. The van der Waals surface area contributed by atoms with Crippen LogP contribution in [-0.4, -0.2) is 12.6 Å². The Morgan fingerprint density at radius 1 is 1.58 bits per heavy atom. The van der Waals surface area contributed by atoms with Crippen molar-refractivity contribution in [2.24, 2.45) is 17.3 Å². The summed E-state index contributed by atoms with van der Waals surface area (Å²) >= 11 is 0. The van der Waals surface area contributed by atoms with E-state index >= 15 is 0 Å². The van der Waals surface area contributed by atoms with Gasteiger partial charge in [-0.2, -0.15) is 0 Å². The van der Waals surface area contributed by atoms with Gasteiger partial charge in [0.05, 0.1) is 0 Å². The lowest BCUT2D eigenvalue weighted by Gasteiger charge is -2.20. The molecular formula is C17H26O2. The van der Waals surface area contributed by atoms with Crippen LogP contribution in [0.4, 0.5) is 0 Å². The van der Waals surface area contributed by atoms with E-state index < -0.39 is 0 Å². The lowest BCUT2D eigenvalue weighted by atomic mass is 9.85. The summed E-state index contributed by atoms with van der Waals surface area (Å²) in [6.07, 6.45) is 8.53. The number of esters is 1. The van der Waals surface area contributed by atoms with Crippen molar-refractivity contribution < 1.29 is 9.53 Å². The number of hydrogen-bond donors (Lipinski definition) is 0. The van der Waals surface area contributed by atoms with Gasteiger partial charge in [0.15, 0.2) is 0 Å². The van der Waals surface area contributed by atoms with Crippen LogP contribution in [0.5, 0.6) is 0 Å². The van der Waals surface area contributed by atoms with Crippen molar-refractivity contribution in [3.05, 3.63) is 23.8 Å². The molecular weight excluding hydrogens is 236 g/mol. The van der Waals surface area contributed by atoms with Crippen molar-refractivity contribution in [1.29, 1.82) is 0 Å². The van der Waals surface area contributed by atoms with Crippen LogP contribution in [0, 0.1) is 17.3 Å². The normalized spacial score (nSPS) is 31.0. The average molecular weight is 262 g/mol. The molecule has 2 nitrogen and oxygen atoms in total. The van der Waals surface area contributed by atoms with E-state index in [2.05, 4.69) is 19.6 Å². The molecule has 0 aromatic rings. The van der Waals surface area contributed by atoms with Gasteiger partial charge in [0, 0.05) is 6.92 Å². The molecule has 0 saturated heterocycles. The van der Waals surface area contributed by atoms with Gasteiger partial charge < -0.3 is 4.74 Å². The molecule has 2 rings (SSSR count). The van der Waals surface area contributed by atoms with Gasteiger partial charge in [-0.05, 0) is 61.9 Å². The van der Waals surface area contributed by atoms with Gasteiger partial charge in [0.2, 0.25) is 0 Å². The van der Waals surface area contributed by atoms with Crippen molar-refractivity contribution in [2.45, 2.75) is 52.9 Å². The van der Waals surface area contributed by atoms with E-state index in [1.54, 1.807) is 0 Å². The van der Waals surface area contributed by atoms with E-state index in [-0.39, 0.29) is 5.97 Å². The van der Waals surface area contributed by atoms with Crippen molar-refractivity contribution in [1.82, 2.24) is 0 Å². The van der Waals surface area contributed by atoms with Crippen LogP contribution in [0.15, 0.2) is 23.8 Å². The molecule has 0 aliphatic heterocycles. The Balaban J connectivity index is 1.73. The molecule has 2 aliphatic carbocycles. The van der Waals surface area contributed by atoms with Crippen molar-refractivity contribution in [3.63, 3.8) is 0 Å². The fourth-order valence-corrected chi connectivity index (χ4v) is 3.65. The van der Waals surface area contributed by atoms with Crippen LogP contribution >= 0.6 is 0 Å². The van der Waals surface area contributed by atoms with E-state index in [9.17, 15) is 4.79 Å². The molecule has 0 amide bonds. The van der Waals surface area contributed by atoms with Crippen molar-refractivity contribution in [3.8, 4) is 0 Å². The van der Waals surface area contributed by atoms with Gasteiger partial charge in [-0.15, -0.1) is 0 Å². The summed E-state index contributed by atoms with van der Waals surface area (Å²) in [7, 11) is 0. The molecule has 2 saturated carbocycles. The monoisotopic (exact) mass is 262 g/mol. The topological polar surface area (TPSA) is 26.3 Å². The van der Waals surface area contributed by atoms with Gasteiger partial charge in [0.25, 0.3) is 0 Å². The highest BCUT2D eigenvalue weighted by Crippen LogP contribution is 2.69. The minimum absolute atomic E-state index is 0.203. The molecule has 0 heterocycles. The third-order valence-electron chi connectivity index (χ3n) is 5.10. The zero-order valence-electron chi connectivity index (χ0n) is 12.5. The third kappa shape index (κ3) is 3.10. The van der Waals surface area contributed by atoms with Crippen LogP contribution in [-0.2, 0) is 9.53 Å². The molecule has 0 bridgehead atoms. The molecule has 106 valence electrons. The number of allylic oxidation sites excluding steroid dienone is 2. The first kappa shape index (κ1) is 14.4. The SMILES string of the molecule is C=C1CC[C@]2([C@@H](C)CC/C=C(/C)COC(C)=O)C[C@H]12. The quantitative estimate of drug-likeness (QED) is 0.528. The van der Waals surface area contributed by atoms with Gasteiger partial charge in [0.1, 0.15) is 6.61 Å². The fraction of sp³-hybridized carbons (Fsp3) is 0.706. The van der Waals surface area contributed by atoms with Crippen molar-refractivity contribution in [2.75, 3.05) is 6.61 Å². The average Bonchev–Trinajstić information content (AvgIpc) is 3.02. The first-order chi connectivity index (χ1) is 8.95. The molecule has 3 atom stereocenters. The second-order valence-corrected chi connectivity index (χ2v) is 6.46. The Bertz CT molecular complexity index is 407. The number of fused-ring (bicyclic) bond motifs is 1. The summed E-state index contributed by atoms with van der Waals surface area (Å²) in [6, 6.07) is 0. The molecule has 2 heteroatoms. The number of carbonyl (C=O) groups excluding carboxylic acids is 1. The second kappa shape index (κ2) is 5.52. The minimum Gasteiger partial charge on any atom is -0.461 e. The standard InChI is InChI=1S/C17H26O2/c1-12(11-19-15(4)18)6-5-7-14(3)17-9-8-13(2)16(17)10-17/h6,14,16H,2,5,7-11H2,1,3-4H3/b12-6-/t14-,16+,17+/m0/s1. The summed E-state index contributed by atoms with van der Waals surface area (Å²) < 4.78 is 4.98. The van der Waals surface area contributed by atoms with Crippen LogP contribution in [0.2, 0.25) is 0 Å². The largest absolute Gasteiger partial charge is 0.461 e. The second-order valence-electron chi connectivity index (χ2n) is 6.46. The first-order valence-electron chi connectivity index (χ1n) is 7.42. The predicted octanol–water partition coefficient (Wildman–Crippen LogP) is 4.27. The zero-order valence-corrected chi connectivity index (χ0v) is 12.5. The summed E-state index contributed by atoms with van der Waals surface area (Å²) in [5.41, 5.74) is 3.26. The zero-order chi connectivity index (χ0) is 14.0. The third-order valence-corrected chi connectivity index (χ3v) is 5.10. The van der Waals surface area contributed by atoms with Gasteiger partial charge in [-0.3, -0.25) is 4.79 Å². The van der Waals surface area contributed by atoms with Gasteiger partial charge in [-0.25, -0.2) is 0 Å². The summed E-state index contributed by atoms with van der Waals surface area (Å²) in [5, 5.41) is 0. The molecule has 2 fully saturated rings. The van der Waals surface area contributed by atoms with E-state index in [1.165, 1.54) is 38.2 Å². The molecule has 0 unspecified atom stereocenters. The molecule has 0 N–H and O–H groups in total. The maximum Gasteiger partial charge on any atom is 0.302 e. The highest BCUT2D eigenvalue weighted by Gasteiger charge is 2.60. The van der Waals surface area contributed by atoms with Crippen LogP contribution in [0.1, 0.15) is 52.9 Å². The van der Waals surface area contributed by atoms with Crippen molar-refractivity contribution >= 4 is 5.97 Å². The lowest BCUT2D eigenvalue weighted by molar-refractivity contribution is -0.139. The first-order valence-corrected chi connectivity index (χ1v) is 7.42. The number of rotatable bonds is 6. The van der Waals surface area contributed by atoms with E-state index in [0.29, 0.717) is 12.0 Å². The Morgan fingerprint density at radius 3 is 2.84 bits per heavy atom. The number of hydrogen-bond acceptors (Lipinski definition) is 2. The Hall–Kier alpha value is -1.05. The minimum atomic E-state index is -0.203. The van der Waals surface area contributed by atoms with E-state index in [1.807, 2.05) is 6.92 Å². The van der Waals surface area contributed by atoms with Crippen LogP contribution < -0.4 is 0 Å². The number of ether oxygens (including phenoxy) is 1. The van der Waals surface area contributed by atoms with Gasteiger partial charge in [-0.1, -0.05) is 25.2 Å². The predicted molar refractivity (Wildman–Crippen MR) is 77.7 cm³/mol. The number of carbonyl (C=O) groups is 1. The highest BCUT2D eigenvalue weighted by atomic mass is 16.5. The van der Waals surface area contributed by atoms with Crippen LogP contribution in [0.25, 0.3) is 0 Å². The Kier molecular flexibility index (Phi) is 4.17. The molecule has 0 aromatic carbocycles. The summed E-state index contributed by atoms with van der Waals surface area (Å²) in [6.45, 7) is 10.5. The summed E-state index contributed by atoms with van der Waals surface area (Å²) in [4.78, 5) is 10.7. The molecule has 0 aromatic heterocycles. The molecule has 19 heavy (non-hydrogen) atoms. The Morgan fingerprint density at radius 2 is 2.32 bits per heavy atom. The fourth-order valence-electron chi connectivity index (χ4n) is 3.65.